The highest BCUT2D eigenvalue weighted by Gasteiger charge is 2.36. The predicted octanol–water partition coefficient (Wildman–Crippen LogP) is 7.52. The highest BCUT2D eigenvalue weighted by Crippen LogP contribution is 2.37. The van der Waals surface area contributed by atoms with Crippen LogP contribution in [0, 0.1) is 57.4 Å². The van der Waals surface area contributed by atoms with Gasteiger partial charge in [-0.15, -0.1) is 0 Å². The third-order valence-corrected chi connectivity index (χ3v) is 20.8. The summed E-state index contributed by atoms with van der Waals surface area (Å²) in [5.74, 6) is -0.102. The molecule has 30 heteroatoms. The van der Waals surface area contributed by atoms with Gasteiger partial charge in [-0.25, -0.2) is 42.2 Å². The molecule has 0 radical (unpaired) electrons. The molecular formula is C77H76F3N21O6. The maximum absolute atomic E-state index is 14.8. The van der Waals surface area contributed by atoms with Gasteiger partial charge < -0.3 is 45.4 Å². The number of amides is 4. The Bertz CT molecular complexity index is 4860. The van der Waals surface area contributed by atoms with Crippen molar-refractivity contribution in [2.24, 2.45) is 5.92 Å². The number of halogens is 3. The first kappa shape index (κ1) is 70.8. The molecule has 107 heavy (non-hydrogen) atoms. The Hall–Kier alpha value is -11.9. The van der Waals surface area contributed by atoms with Gasteiger partial charge in [-0.3, -0.25) is 29.0 Å². The van der Waals surface area contributed by atoms with Crippen molar-refractivity contribution in [3.8, 4) is 69.0 Å². The SMILES string of the molecule is CCNC(=O)C1CCCN(c2ccn(-c3cc(-c4c(F)cccc4C#N)nc4c3C(=O)NC4)n2)C1.N#Cc1cccc(F)c1-c1cc(-n2ccc(N3CCC[C@@H](N4CCOCC4)C3)n2)c2c(n1)CNC2=O.N#Cc1cccc(F)c1-c1cc(-n2ccc(N3CCC[C@H](N4CCOCC4)C3)n2)c2c(n1)CNC2=O. The largest absolute Gasteiger partial charge is 0.379 e. The van der Waals surface area contributed by atoms with E-state index in [1.165, 1.54) is 42.5 Å². The molecule has 0 bridgehead atoms. The van der Waals surface area contributed by atoms with Gasteiger partial charge in [0, 0.05) is 121 Å². The summed E-state index contributed by atoms with van der Waals surface area (Å²) in [6, 6.07) is 30.7. The second-order valence-corrected chi connectivity index (χ2v) is 27.2. The third kappa shape index (κ3) is 14.4. The van der Waals surface area contributed by atoms with Crippen LogP contribution in [0.25, 0.3) is 50.8 Å². The van der Waals surface area contributed by atoms with E-state index in [1.807, 2.05) is 55.7 Å². The Kier molecular flexibility index (Phi) is 20.5. The highest BCUT2D eigenvalue weighted by atomic mass is 19.1. The zero-order chi connectivity index (χ0) is 73.8. The molecule has 0 saturated carbocycles. The van der Waals surface area contributed by atoms with Crippen LogP contribution >= 0.6 is 0 Å². The van der Waals surface area contributed by atoms with Crippen LogP contribution in [0.15, 0.2) is 110 Å². The minimum atomic E-state index is -0.564. The lowest BCUT2D eigenvalue weighted by Crippen LogP contribution is -2.51. The van der Waals surface area contributed by atoms with E-state index >= 15 is 0 Å². The van der Waals surface area contributed by atoms with Crippen LogP contribution in [0.3, 0.4) is 0 Å². The smallest absolute Gasteiger partial charge is 0.255 e. The Balaban J connectivity index is 0.000000128. The first-order valence-electron chi connectivity index (χ1n) is 36.1. The number of nitrogens with one attached hydrogen (secondary N) is 4. The van der Waals surface area contributed by atoms with Crippen molar-refractivity contribution in [1.82, 2.24) is 75.4 Å². The third-order valence-electron chi connectivity index (χ3n) is 20.8. The molecular weight excluding hydrogens is 1370 g/mol. The van der Waals surface area contributed by atoms with Crippen LogP contribution in [0.1, 0.15) is 110 Å². The summed E-state index contributed by atoms with van der Waals surface area (Å²) < 4.78 is 60.3. The number of morpholine rings is 2. The van der Waals surface area contributed by atoms with Gasteiger partial charge in [0.15, 0.2) is 17.5 Å². The molecule has 4 N–H and O–H groups in total. The van der Waals surface area contributed by atoms with E-state index in [-0.39, 0.29) is 88.3 Å². The topological polar surface area (TPSA) is 315 Å². The van der Waals surface area contributed by atoms with Gasteiger partial charge in [0.1, 0.15) is 17.5 Å². The molecule has 0 spiro atoms. The fourth-order valence-corrected chi connectivity index (χ4v) is 15.6. The maximum atomic E-state index is 14.8. The van der Waals surface area contributed by atoms with Crippen LogP contribution in [-0.2, 0) is 33.9 Å². The van der Waals surface area contributed by atoms with Gasteiger partial charge in [0.05, 0.1) is 171 Å². The molecule has 8 aliphatic heterocycles. The van der Waals surface area contributed by atoms with Crippen LogP contribution in [-0.4, -0.2) is 188 Å². The number of nitrogens with zero attached hydrogens (tertiary/aromatic N) is 17. The number of anilines is 3. The van der Waals surface area contributed by atoms with E-state index in [1.54, 1.807) is 50.6 Å². The lowest BCUT2D eigenvalue weighted by Gasteiger charge is -2.40. The molecule has 14 heterocycles. The first-order valence-corrected chi connectivity index (χ1v) is 36.1. The van der Waals surface area contributed by atoms with Crippen LogP contribution in [0.2, 0.25) is 0 Å². The van der Waals surface area contributed by atoms with E-state index < -0.39 is 17.5 Å². The van der Waals surface area contributed by atoms with Crippen molar-refractivity contribution >= 4 is 41.1 Å². The molecule has 546 valence electrons. The Morgan fingerprint density at radius 2 is 0.832 bits per heavy atom. The normalized spacial score (nSPS) is 19.1. The van der Waals surface area contributed by atoms with E-state index in [0.29, 0.717) is 93.2 Å². The number of piperidine rings is 3. The molecule has 1 unspecified atom stereocenters. The van der Waals surface area contributed by atoms with E-state index in [4.69, 9.17) is 24.8 Å². The predicted molar refractivity (Wildman–Crippen MR) is 387 cm³/mol. The lowest BCUT2D eigenvalue weighted by molar-refractivity contribution is -0.125. The number of fused-ring (bicyclic) bond motifs is 3. The summed E-state index contributed by atoms with van der Waals surface area (Å²) in [7, 11) is 0. The van der Waals surface area contributed by atoms with Crippen LogP contribution in [0.4, 0.5) is 30.6 Å². The fraction of sp³-hybridized carbons (Fsp3) is 0.364. The second-order valence-electron chi connectivity index (χ2n) is 27.2. The van der Waals surface area contributed by atoms with E-state index in [9.17, 15) is 48.1 Å². The van der Waals surface area contributed by atoms with E-state index in [0.717, 1.165) is 135 Å². The lowest BCUT2D eigenvalue weighted by atomic mass is 9.97. The van der Waals surface area contributed by atoms with Crippen molar-refractivity contribution < 1.29 is 41.8 Å². The number of carbonyl (C=O) groups excluding carboxylic acids is 4. The molecule has 3 atom stereocenters. The number of aromatic nitrogens is 9. The number of ether oxygens (including phenoxy) is 2. The fourth-order valence-electron chi connectivity index (χ4n) is 15.6. The Labute approximate surface area is 614 Å². The number of rotatable bonds is 13. The summed E-state index contributed by atoms with van der Waals surface area (Å²) in [5, 5.41) is 54.2. The standard InChI is InChI=1S/2C26H26FN7O2.C25H24FN7O2/c2*27-19-5-1-3-17(14-28)24(19)20-13-22(25-21(30-20)15-29-26(25)35)34-8-6-23(31-34)33-7-2-4-18(16-33)32-9-11-36-12-10-32;1-2-28-24(34)16-6-4-9-32(14-16)21-8-10-33(31-21)20-11-18(30-19-13-29-25(35)23(19)20)22-15(12-27)5-3-7-17(22)26/h2*1,3,5-6,8,13,18H,2,4,7,9-12,15-16H2,(H,29,35);3,5,7-8,10-11,16H,2,4,6,9,13-14H2,1H3,(H,28,34)(H,29,35)/t2*18-;/m10./s1. The van der Waals surface area contributed by atoms with Gasteiger partial charge in [-0.1, -0.05) is 18.2 Å². The zero-order valence-corrected chi connectivity index (χ0v) is 58.8. The number of hydrogen-bond donors (Lipinski definition) is 4. The molecule has 6 aromatic heterocycles. The highest BCUT2D eigenvalue weighted by molar-refractivity contribution is 6.03. The summed E-state index contributed by atoms with van der Waals surface area (Å²) in [6.07, 6.45) is 11.6. The molecule has 3 aromatic carbocycles. The summed E-state index contributed by atoms with van der Waals surface area (Å²) in [6.45, 7) is 15.0. The summed E-state index contributed by atoms with van der Waals surface area (Å²) in [4.78, 5) is 75.5. The average Bonchev–Trinajstić information content (AvgIpc) is 1.69. The van der Waals surface area contributed by atoms with Crippen molar-refractivity contribution in [3.63, 3.8) is 0 Å². The van der Waals surface area contributed by atoms with Crippen LogP contribution < -0.4 is 36.0 Å². The van der Waals surface area contributed by atoms with E-state index in [2.05, 4.69) is 60.7 Å². The van der Waals surface area contributed by atoms with Crippen molar-refractivity contribution in [2.75, 3.05) is 113 Å². The molecule has 9 aromatic rings. The number of nitriles is 3. The molecule has 4 amide bonds. The molecule has 0 aliphatic carbocycles. The van der Waals surface area contributed by atoms with Gasteiger partial charge in [-0.05, 0) is 100 Å². The average molecular weight is 1450 g/mol. The molecule has 17 rings (SSSR count). The monoisotopic (exact) mass is 1450 g/mol. The van der Waals surface area contributed by atoms with Crippen LogP contribution in [0.5, 0.6) is 0 Å². The van der Waals surface area contributed by atoms with Gasteiger partial charge >= 0.3 is 0 Å². The maximum Gasteiger partial charge on any atom is 0.255 e. The van der Waals surface area contributed by atoms with Gasteiger partial charge in [0.2, 0.25) is 5.91 Å². The quantitative estimate of drug-likeness (QED) is 0.0867. The van der Waals surface area contributed by atoms with Gasteiger partial charge in [-0.2, -0.15) is 31.1 Å². The van der Waals surface area contributed by atoms with Gasteiger partial charge in [0.25, 0.3) is 17.7 Å². The van der Waals surface area contributed by atoms with Crippen molar-refractivity contribution in [1.29, 1.82) is 15.8 Å². The molecule has 8 aliphatic rings. The van der Waals surface area contributed by atoms with Crippen molar-refractivity contribution in [3.05, 3.63) is 178 Å². The number of benzene rings is 3. The number of carbonyl (C=O) groups is 4. The number of hydrogen-bond acceptors (Lipinski definition) is 20. The number of pyridine rings is 3. The zero-order valence-electron chi connectivity index (χ0n) is 58.8. The molecule has 5 fully saturated rings. The molecule has 5 saturated heterocycles. The second kappa shape index (κ2) is 31.1. The Morgan fingerprint density at radius 3 is 1.18 bits per heavy atom. The summed E-state index contributed by atoms with van der Waals surface area (Å²) >= 11 is 0. The van der Waals surface area contributed by atoms with Crippen molar-refractivity contribution in [2.45, 2.75) is 77.2 Å². The Morgan fingerprint density at radius 1 is 0.486 bits per heavy atom. The summed E-state index contributed by atoms with van der Waals surface area (Å²) in [5.41, 5.74) is 5.96. The minimum Gasteiger partial charge on any atom is -0.379 e. The first-order chi connectivity index (χ1) is 52.2. The minimum absolute atomic E-state index is 0.0445. The molecule has 27 nitrogen and oxygen atoms in total.